The summed E-state index contributed by atoms with van der Waals surface area (Å²) in [5.74, 6) is 0. The molecule has 0 heterocycles. The molecule has 0 saturated carbocycles. The zero-order chi connectivity index (χ0) is 12.3. The van der Waals surface area contributed by atoms with Crippen LogP contribution in [0.1, 0.15) is 26.3 Å². The molecular weight excluding hydrogens is 270 g/mol. The Labute approximate surface area is 105 Å². The molecule has 0 atom stereocenters. The molecule has 0 aliphatic heterocycles. The minimum atomic E-state index is -0.492. The van der Waals surface area contributed by atoms with Crippen LogP contribution in [0.2, 0.25) is 0 Å². The Hall–Kier alpha value is -1.03. The first-order chi connectivity index (χ1) is 7.29. The molecule has 88 valence electrons. The van der Waals surface area contributed by atoms with Crippen LogP contribution in [0.15, 0.2) is 24.3 Å². The third kappa shape index (κ3) is 3.85. The van der Waals surface area contributed by atoms with E-state index in [1.807, 2.05) is 52.0 Å². The van der Waals surface area contributed by atoms with E-state index in [4.69, 9.17) is 4.74 Å². The number of aryl methyl sites for hydroxylation is 1. The molecule has 0 bridgehead atoms. The van der Waals surface area contributed by atoms with Crippen LogP contribution in [0, 0.1) is 6.92 Å². The summed E-state index contributed by atoms with van der Waals surface area (Å²) >= 11 is 3.19. The lowest BCUT2D eigenvalue weighted by atomic mass is 10.2. The first-order valence-electron chi connectivity index (χ1n) is 5.05. The number of anilines is 1. The summed E-state index contributed by atoms with van der Waals surface area (Å²) in [5.41, 5.74) is 1.40. The van der Waals surface area contributed by atoms with Crippen molar-refractivity contribution in [1.29, 1.82) is 0 Å². The van der Waals surface area contributed by atoms with Crippen molar-refractivity contribution < 1.29 is 9.53 Å². The Morgan fingerprint density at radius 1 is 1.25 bits per heavy atom. The second kappa shape index (κ2) is 4.87. The number of carbonyl (C=O) groups is 1. The Balaban J connectivity index is 2.74. The molecule has 0 N–H and O–H groups in total. The lowest BCUT2D eigenvalue weighted by Crippen LogP contribution is -2.30. The van der Waals surface area contributed by atoms with Gasteiger partial charge in [0.1, 0.15) is 5.60 Å². The molecule has 0 fully saturated rings. The smallest absolute Gasteiger partial charge is 0.425 e. The van der Waals surface area contributed by atoms with E-state index in [9.17, 15) is 4.79 Å². The van der Waals surface area contributed by atoms with Crippen LogP contribution in [0.4, 0.5) is 10.5 Å². The van der Waals surface area contributed by atoms with Gasteiger partial charge in [-0.3, -0.25) is 0 Å². The maximum atomic E-state index is 11.7. The van der Waals surface area contributed by atoms with Crippen LogP contribution in [0.3, 0.4) is 0 Å². The molecular formula is C12H16BrNO2. The SMILES string of the molecule is Cc1ccc(N(Br)C(=O)OC(C)(C)C)cc1. The topological polar surface area (TPSA) is 29.5 Å². The highest BCUT2D eigenvalue weighted by Gasteiger charge is 2.21. The van der Waals surface area contributed by atoms with Crippen LogP contribution < -0.4 is 3.93 Å². The highest BCUT2D eigenvalue weighted by atomic mass is 79.9. The highest BCUT2D eigenvalue weighted by Crippen LogP contribution is 2.21. The standard InChI is InChI=1S/C12H16BrNO2/c1-9-5-7-10(8-6-9)14(13)11(15)16-12(2,3)4/h5-8H,1-4H3. The zero-order valence-corrected chi connectivity index (χ0v) is 11.5. The molecule has 0 saturated heterocycles. The number of nitrogens with zero attached hydrogens (tertiary/aromatic N) is 1. The van der Waals surface area contributed by atoms with Gasteiger partial charge in [0.25, 0.3) is 0 Å². The van der Waals surface area contributed by atoms with E-state index < -0.39 is 11.7 Å². The summed E-state index contributed by atoms with van der Waals surface area (Å²) in [5, 5.41) is 0. The van der Waals surface area contributed by atoms with Crippen LogP contribution in [-0.2, 0) is 4.74 Å². The average molecular weight is 286 g/mol. The predicted octanol–water partition coefficient (Wildman–Crippen LogP) is 4.05. The van der Waals surface area contributed by atoms with E-state index >= 15 is 0 Å². The number of halogens is 1. The van der Waals surface area contributed by atoms with Gasteiger partial charge in [0.2, 0.25) is 0 Å². The second-order valence-electron chi connectivity index (χ2n) is 4.60. The fourth-order valence-electron chi connectivity index (χ4n) is 1.08. The van der Waals surface area contributed by atoms with Crippen molar-refractivity contribution in [2.75, 3.05) is 3.93 Å². The summed E-state index contributed by atoms with van der Waals surface area (Å²) in [6.45, 7) is 7.50. The maximum Gasteiger partial charge on any atom is 0.425 e. The Bertz CT molecular complexity index is 368. The predicted molar refractivity (Wildman–Crippen MR) is 68.8 cm³/mol. The van der Waals surface area contributed by atoms with Crippen molar-refractivity contribution in [3.63, 3.8) is 0 Å². The summed E-state index contributed by atoms with van der Waals surface area (Å²) in [4.78, 5) is 11.7. The molecule has 0 spiro atoms. The number of rotatable bonds is 1. The van der Waals surface area contributed by atoms with Crippen LogP contribution >= 0.6 is 16.1 Å². The van der Waals surface area contributed by atoms with Gasteiger partial charge in [-0.05, 0) is 39.8 Å². The number of benzene rings is 1. The quantitative estimate of drug-likeness (QED) is 0.729. The van der Waals surface area contributed by atoms with Crippen molar-refractivity contribution in [2.24, 2.45) is 0 Å². The van der Waals surface area contributed by atoms with Gasteiger partial charge < -0.3 is 4.74 Å². The van der Waals surface area contributed by atoms with Crippen molar-refractivity contribution in [1.82, 2.24) is 0 Å². The van der Waals surface area contributed by atoms with Crippen molar-refractivity contribution in [3.05, 3.63) is 29.8 Å². The molecule has 0 aliphatic carbocycles. The maximum absolute atomic E-state index is 11.7. The lowest BCUT2D eigenvalue weighted by Gasteiger charge is -2.23. The van der Waals surface area contributed by atoms with Crippen LogP contribution in [0.5, 0.6) is 0 Å². The number of hydrogen-bond acceptors (Lipinski definition) is 2. The van der Waals surface area contributed by atoms with Crippen molar-refractivity contribution >= 4 is 27.9 Å². The number of amides is 1. The normalized spacial score (nSPS) is 11.1. The number of carbonyl (C=O) groups excluding carboxylic acids is 1. The van der Waals surface area contributed by atoms with Gasteiger partial charge in [-0.2, -0.15) is 0 Å². The Kier molecular flexibility index (Phi) is 3.97. The Morgan fingerprint density at radius 2 is 1.75 bits per heavy atom. The molecule has 3 nitrogen and oxygen atoms in total. The minimum absolute atomic E-state index is 0.420. The first kappa shape index (κ1) is 13.0. The first-order valence-corrected chi connectivity index (χ1v) is 5.76. The fourth-order valence-corrected chi connectivity index (χ4v) is 1.39. The largest absolute Gasteiger partial charge is 0.443 e. The van der Waals surface area contributed by atoms with Gasteiger partial charge in [0, 0.05) is 0 Å². The molecule has 0 unspecified atom stereocenters. The molecule has 0 radical (unpaired) electrons. The summed E-state index contributed by atoms with van der Waals surface area (Å²) < 4.78 is 6.54. The molecule has 4 heteroatoms. The van der Waals surface area contributed by atoms with Crippen molar-refractivity contribution in [2.45, 2.75) is 33.3 Å². The third-order valence-electron chi connectivity index (χ3n) is 1.81. The number of hydrogen-bond donors (Lipinski definition) is 0. The lowest BCUT2D eigenvalue weighted by molar-refractivity contribution is 0.0614. The van der Waals surface area contributed by atoms with Crippen molar-refractivity contribution in [3.8, 4) is 0 Å². The third-order valence-corrected chi connectivity index (χ3v) is 2.51. The van der Waals surface area contributed by atoms with Gasteiger partial charge in [-0.1, -0.05) is 17.7 Å². The van der Waals surface area contributed by atoms with E-state index in [-0.39, 0.29) is 0 Å². The van der Waals surface area contributed by atoms with Gasteiger partial charge in [-0.25, -0.2) is 8.72 Å². The molecule has 16 heavy (non-hydrogen) atoms. The fraction of sp³-hybridized carbons (Fsp3) is 0.417. The van der Waals surface area contributed by atoms with Gasteiger partial charge in [0.15, 0.2) is 0 Å². The monoisotopic (exact) mass is 285 g/mol. The second-order valence-corrected chi connectivity index (χ2v) is 5.31. The minimum Gasteiger partial charge on any atom is -0.443 e. The molecule has 1 aromatic rings. The molecule has 1 amide bonds. The highest BCUT2D eigenvalue weighted by molar-refractivity contribution is 9.10. The Morgan fingerprint density at radius 3 is 2.19 bits per heavy atom. The van der Waals surface area contributed by atoms with Gasteiger partial charge >= 0.3 is 6.09 Å². The molecule has 0 aliphatic rings. The molecule has 1 aromatic carbocycles. The summed E-state index contributed by atoms with van der Waals surface area (Å²) in [6.07, 6.45) is -0.420. The van der Waals surface area contributed by atoms with E-state index in [2.05, 4.69) is 16.1 Å². The van der Waals surface area contributed by atoms with E-state index in [1.165, 1.54) is 3.93 Å². The summed E-state index contributed by atoms with van der Waals surface area (Å²) in [7, 11) is 0. The number of ether oxygens (including phenoxy) is 1. The van der Waals surface area contributed by atoms with Gasteiger partial charge in [-0.15, -0.1) is 0 Å². The molecule has 1 rings (SSSR count). The van der Waals surface area contributed by atoms with Crippen LogP contribution in [0.25, 0.3) is 0 Å². The molecule has 0 aromatic heterocycles. The van der Waals surface area contributed by atoms with Crippen LogP contribution in [-0.4, -0.2) is 11.7 Å². The van der Waals surface area contributed by atoms with E-state index in [1.54, 1.807) is 0 Å². The van der Waals surface area contributed by atoms with Gasteiger partial charge in [0.05, 0.1) is 21.8 Å². The van der Waals surface area contributed by atoms with E-state index in [0.29, 0.717) is 0 Å². The van der Waals surface area contributed by atoms with E-state index in [0.717, 1.165) is 11.3 Å². The summed E-state index contributed by atoms with van der Waals surface area (Å²) in [6, 6.07) is 7.59. The average Bonchev–Trinajstić information content (AvgIpc) is 2.15. The zero-order valence-electron chi connectivity index (χ0n) is 9.95.